The number of fused-ring (bicyclic) bond motifs is 1. The van der Waals surface area contributed by atoms with Gasteiger partial charge in [0.15, 0.2) is 0 Å². The molecule has 0 aromatic rings. The van der Waals surface area contributed by atoms with E-state index in [1.54, 1.807) is 0 Å². The van der Waals surface area contributed by atoms with E-state index >= 15 is 0 Å². The molecule has 2 atom stereocenters. The van der Waals surface area contributed by atoms with Crippen LogP contribution in [0.5, 0.6) is 0 Å². The molecule has 2 heteroatoms. The minimum Gasteiger partial charge on any atom is -0.316 e. The fraction of sp³-hybridized carbons (Fsp3) is 1.00. The summed E-state index contributed by atoms with van der Waals surface area (Å²) in [5, 5.41) is 6.99. The Kier molecular flexibility index (Phi) is 1.69. The first-order valence-corrected chi connectivity index (χ1v) is 4.61. The molecular weight excluding hydrogens is 136 g/mol. The van der Waals surface area contributed by atoms with Crippen molar-refractivity contribution in [3.63, 3.8) is 0 Å². The summed E-state index contributed by atoms with van der Waals surface area (Å²) in [6, 6.07) is 0. The van der Waals surface area contributed by atoms with Crippen LogP contribution in [0.2, 0.25) is 0 Å². The van der Waals surface area contributed by atoms with Crippen LogP contribution in [-0.4, -0.2) is 26.2 Å². The Hall–Kier alpha value is -0.0800. The molecule has 2 rings (SSSR count). The highest BCUT2D eigenvalue weighted by atomic mass is 15.0. The highest BCUT2D eigenvalue weighted by Crippen LogP contribution is 2.36. The van der Waals surface area contributed by atoms with Gasteiger partial charge in [-0.1, -0.05) is 13.8 Å². The normalized spacial score (nSPS) is 42.0. The van der Waals surface area contributed by atoms with Crippen LogP contribution >= 0.6 is 0 Å². The van der Waals surface area contributed by atoms with Gasteiger partial charge in [0.1, 0.15) is 0 Å². The molecule has 0 aromatic carbocycles. The van der Waals surface area contributed by atoms with Crippen molar-refractivity contribution in [3.05, 3.63) is 0 Å². The van der Waals surface area contributed by atoms with Gasteiger partial charge in [-0.25, -0.2) is 0 Å². The lowest BCUT2D eigenvalue weighted by atomic mass is 9.71. The molecule has 2 N–H and O–H groups in total. The standard InChI is InChI=1S/C9H18N2/c1-9(2)6-11-4-7-3-10-5-8(7)9/h7-8,10-11H,3-6H2,1-2H3. The average molecular weight is 154 g/mol. The van der Waals surface area contributed by atoms with Crippen LogP contribution in [0, 0.1) is 17.3 Å². The highest BCUT2D eigenvalue weighted by Gasteiger charge is 2.41. The first-order valence-electron chi connectivity index (χ1n) is 4.61. The Morgan fingerprint density at radius 1 is 1.09 bits per heavy atom. The molecule has 2 nitrogen and oxygen atoms in total. The van der Waals surface area contributed by atoms with Crippen molar-refractivity contribution < 1.29 is 0 Å². The Bertz CT molecular complexity index is 154. The molecule has 0 radical (unpaired) electrons. The molecule has 2 aliphatic heterocycles. The largest absolute Gasteiger partial charge is 0.316 e. The van der Waals surface area contributed by atoms with Crippen LogP contribution in [0.25, 0.3) is 0 Å². The number of rotatable bonds is 0. The van der Waals surface area contributed by atoms with Gasteiger partial charge >= 0.3 is 0 Å². The molecule has 0 aliphatic carbocycles. The monoisotopic (exact) mass is 154 g/mol. The summed E-state index contributed by atoms with van der Waals surface area (Å²) < 4.78 is 0. The lowest BCUT2D eigenvalue weighted by Gasteiger charge is -2.40. The predicted octanol–water partition coefficient (Wildman–Crippen LogP) is 0.451. The summed E-state index contributed by atoms with van der Waals surface area (Å²) in [4.78, 5) is 0. The molecule has 11 heavy (non-hydrogen) atoms. The van der Waals surface area contributed by atoms with Crippen LogP contribution in [-0.2, 0) is 0 Å². The third-order valence-electron chi connectivity index (χ3n) is 3.33. The van der Waals surface area contributed by atoms with Gasteiger partial charge in [-0.15, -0.1) is 0 Å². The molecule has 2 saturated heterocycles. The number of hydrogen-bond acceptors (Lipinski definition) is 2. The summed E-state index contributed by atoms with van der Waals surface area (Å²) in [5.41, 5.74) is 0.506. The van der Waals surface area contributed by atoms with Crippen LogP contribution in [0.1, 0.15) is 13.8 Å². The zero-order valence-electron chi connectivity index (χ0n) is 7.48. The Morgan fingerprint density at radius 2 is 1.82 bits per heavy atom. The second-order valence-electron chi connectivity index (χ2n) is 4.64. The van der Waals surface area contributed by atoms with Crippen molar-refractivity contribution in [1.29, 1.82) is 0 Å². The summed E-state index contributed by atoms with van der Waals surface area (Å²) in [6.07, 6.45) is 0. The summed E-state index contributed by atoms with van der Waals surface area (Å²) in [7, 11) is 0. The smallest absolute Gasteiger partial charge is 0.000589 e. The molecular formula is C9H18N2. The minimum atomic E-state index is 0.506. The van der Waals surface area contributed by atoms with E-state index in [0.717, 1.165) is 11.8 Å². The van der Waals surface area contributed by atoms with Crippen LogP contribution in [0.3, 0.4) is 0 Å². The van der Waals surface area contributed by atoms with Gasteiger partial charge in [0.2, 0.25) is 0 Å². The summed E-state index contributed by atoms with van der Waals surface area (Å²) in [6.45, 7) is 9.63. The van der Waals surface area contributed by atoms with E-state index < -0.39 is 0 Å². The third kappa shape index (κ3) is 1.18. The van der Waals surface area contributed by atoms with E-state index in [-0.39, 0.29) is 0 Å². The zero-order chi connectivity index (χ0) is 7.90. The second-order valence-corrected chi connectivity index (χ2v) is 4.64. The highest BCUT2D eigenvalue weighted by molar-refractivity contribution is 4.96. The molecule has 0 aromatic heterocycles. The number of nitrogens with one attached hydrogen (secondary N) is 2. The number of hydrogen-bond donors (Lipinski definition) is 2. The van der Waals surface area contributed by atoms with Crippen molar-refractivity contribution in [2.75, 3.05) is 26.2 Å². The van der Waals surface area contributed by atoms with E-state index in [1.807, 2.05) is 0 Å². The third-order valence-corrected chi connectivity index (χ3v) is 3.33. The molecule has 0 bridgehead atoms. The van der Waals surface area contributed by atoms with E-state index in [2.05, 4.69) is 24.5 Å². The average Bonchev–Trinajstić information content (AvgIpc) is 2.34. The van der Waals surface area contributed by atoms with E-state index in [4.69, 9.17) is 0 Å². The number of piperidine rings is 1. The first-order chi connectivity index (χ1) is 5.20. The van der Waals surface area contributed by atoms with Gasteiger partial charge in [0.25, 0.3) is 0 Å². The first kappa shape index (κ1) is 7.56. The topological polar surface area (TPSA) is 24.1 Å². The molecule has 0 spiro atoms. The fourth-order valence-electron chi connectivity index (χ4n) is 2.57. The maximum atomic E-state index is 3.51. The van der Waals surface area contributed by atoms with Crippen molar-refractivity contribution in [3.8, 4) is 0 Å². The molecule has 2 aliphatic rings. The molecule has 2 fully saturated rings. The predicted molar refractivity (Wildman–Crippen MR) is 46.5 cm³/mol. The Balaban J connectivity index is 2.13. The minimum absolute atomic E-state index is 0.506. The van der Waals surface area contributed by atoms with Crippen molar-refractivity contribution in [1.82, 2.24) is 10.6 Å². The van der Waals surface area contributed by atoms with Crippen LogP contribution in [0.4, 0.5) is 0 Å². The van der Waals surface area contributed by atoms with Crippen LogP contribution in [0.15, 0.2) is 0 Å². The molecule has 2 heterocycles. The van der Waals surface area contributed by atoms with Crippen molar-refractivity contribution in [2.24, 2.45) is 17.3 Å². The van der Waals surface area contributed by atoms with E-state index in [1.165, 1.54) is 26.2 Å². The molecule has 0 amide bonds. The van der Waals surface area contributed by atoms with Gasteiger partial charge < -0.3 is 10.6 Å². The Morgan fingerprint density at radius 3 is 2.55 bits per heavy atom. The lowest BCUT2D eigenvalue weighted by molar-refractivity contribution is 0.131. The van der Waals surface area contributed by atoms with Crippen molar-refractivity contribution >= 4 is 0 Å². The molecule has 0 saturated carbocycles. The van der Waals surface area contributed by atoms with Gasteiger partial charge in [0.05, 0.1) is 0 Å². The maximum absolute atomic E-state index is 3.51. The van der Waals surface area contributed by atoms with Crippen LogP contribution < -0.4 is 10.6 Å². The molecule has 64 valence electrons. The van der Waals surface area contributed by atoms with Gasteiger partial charge in [-0.3, -0.25) is 0 Å². The summed E-state index contributed by atoms with van der Waals surface area (Å²) >= 11 is 0. The van der Waals surface area contributed by atoms with Gasteiger partial charge in [-0.05, 0) is 36.9 Å². The van der Waals surface area contributed by atoms with Gasteiger partial charge in [0, 0.05) is 6.54 Å². The second kappa shape index (κ2) is 2.46. The van der Waals surface area contributed by atoms with Crippen molar-refractivity contribution in [2.45, 2.75) is 13.8 Å². The summed E-state index contributed by atoms with van der Waals surface area (Å²) in [5.74, 6) is 1.79. The molecule has 2 unspecified atom stereocenters. The maximum Gasteiger partial charge on any atom is 0.000589 e. The Labute approximate surface area is 68.7 Å². The fourth-order valence-corrected chi connectivity index (χ4v) is 2.57. The van der Waals surface area contributed by atoms with Gasteiger partial charge in [-0.2, -0.15) is 0 Å². The van der Waals surface area contributed by atoms with E-state index in [9.17, 15) is 0 Å². The zero-order valence-corrected chi connectivity index (χ0v) is 7.48. The quantitative estimate of drug-likeness (QED) is 0.529. The SMILES string of the molecule is CC1(C)CNCC2CNCC21. The lowest BCUT2D eigenvalue weighted by Crippen LogP contribution is -2.48. The van der Waals surface area contributed by atoms with E-state index in [0.29, 0.717) is 5.41 Å².